The molecule has 2 rings (SSSR count). The molecule has 0 aliphatic carbocycles. The van der Waals surface area contributed by atoms with E-state index in [1.807, 2.05) is 11.8 Å². The van der Waals surface area contributed by atoms with Crippen molar-refractivity contribution in [1.82, 2.24) is 5.32 Å². The molecule has 0 fully saturated rings. The summed E-state index contributed by atoms with van der Waals surface area (Å²) in [5, 5.41) is 3.66. The zero-order valence-corrected chi connectivity index (χ0v) is 13.5. The third kappa shape index (κ3) is 4.40. The van der Waals surface area contributed by atoms with Crippen molar-refractivity contribution in [2.75, 3.05) is 24.7 Å². The minimum Gasteiger partial charge on any atom is -0.316 e. The average Bonchev–Trinajstić information content (AvgIpc) is 2.80. The molecule has 1 aliphatic heterocycles. The van der Waals surface area contributed by atoms with Gasteiger partial charge in [-0.3, -0.25) is 0 Å². The highest BCUT2D eigenvalue weighted by atomic mass is 35.5. The molecule has 19 heavy (non-hydrogen) atoms. The van der Waals surface area contributed by atoms with Crippen LogP contribution in [0, 0.1) is 5.41 Å². The fraction of sp³-hybridized carbons (Fsp3) is 0.625. The number of nitrogens with one attached hydrogen (secondary N) is 1. The number of halogens is 1. The Hall–Kier alpha value is -0.180. The van der Waals surface area contributed by atoms with Crippen molar-refractivity contribution in [3.8, 4) is 0 Å². The largest absolute Gasteiger partial charge is 0.316 e. The summed E-state index contributed by atoms with van der Waals surface area (Å²) < 4.78 is 0. The molecular formula is C16H24ClNS. The Morgan fingerprint density at radius 3 is 2.95 bits per heavy atom. The van der Waals surface area contributed by atoms with Gasteiger partial charge >= 0.3 is 0 Å². The zero-order valence-electron chi connectivity index (χ0n) is 11.9. The first-order chi connectivity index (χ1) is 9.12. The summed E-state index contributed by atoms with van der Waals surface area (Å²) in [6.45, 7) is 6.81. The molecule has 0 saturated heterocycles. The normalized spacial score (nSPS) is 18.6. The van der Waals surface area contributed by atoms with Crippen LogP contribution in [0.4, 0.5) is 0 Å². The van der Waals surface area contributed by atoms with Crippen molar-refractivity contribution in [3.63, 3.8) is 0 Å². The fourth-order valence-electron chi connectivity index (χ4n) is 2.62. The molecule has 1 unspecified atom stereocenters. The molecule has 1 N–H and O–H groups in total. The maximum Gasteiger partial charge on any atom is 0.0223 e. The smallest absolute Gasteiger partial charge is 0.0223 e. The lowest BCUT2D eigenvalue weighted by atomic mass is 9.88. The van der Waals surface area contributed by atoms with Gasteiger partial charge in [0.25, 0.3) is 0 Å². The molecule has 0 radical (unpaired) electrons. The SMILES string of the molecule is CC(C)(CCCCl)CNCC1CSc2ccccc21. The summed E-state index contributed by atoms with van der Waals surface area (Å²) >= 11 is 7.77. The molecule has 3 heteroatoms. The van der Waals surface area contributed by atoms with Crippen LogP contribution < -0.4 is 5.32 Å². The summed E-state index contributed by atoms with van der Waals surface area (Å²) in [6, 6.07) is 8.81. The van der Waals surface area contributed by atoms with Gasteiger partial charge in [0.1, 0.15) is 0 Å². The van der Waals surface area contributed by atoms with Gasteiger partial charge < -0.3 is 5.32 Å². The lowest BCUT2D eigenvalue weighted by Crippen LogP contribution is -2.32. The van der Waals surface area contributed by atoms with Gasteiger partial charge in [-0.1, -0.05) is 32.0 Å². The maximum atomic E-state index is 5.78. The van der Waals surface area contributed by atoms with Gasteiger partial charge in [-0.2, -0.15) is 0 Å². The van der Waals surface area contributed by atoms with Crippen LogP contribution in [0.25, 0.3) is 0 Å². The van der Waals surface area contributed by atoms with Crippen molar-refractivity contribution in [1.29, 1.82) is 0 Å². The van der Waals surface area contributed by atoms with E-state index in [2.05, 4.69) is 43.4 Å². The van der Waals surface area contributed by atoms with E-state index in [1.165, 1.54) is 22.6 Å². The number of thioether (sulfide) groups is 1. The summed E-state index contributed by atoms with van der Waals surface area (Å²) in [4.78, 5) is 1.47. The number of hydrogen-bond acceptors (Lipinski definition) is 2. The molecule has 0 bridgehead atoms. The van der Waals surface area contributed by atoms with E-state index in [1.54, 1.807) is 0 Å². The summed E-state index contributed by atoms with van der Waals surface area (Å²) in [6.07, 6.45) is 2.30. The van der Waals surface area contributed by atoms with Gasteiger partial charge in [0.2, 0.25) is 0 Å². The van der Waals surface area contributed by atoms with E-state index < -0.39 is 0 Å². The first kappa shape index (κ1) is 15.2. The third-order valence-corrected chi connectivity index (χ3v) is 5.30. The molecule has 0 amide bonds. The molecule has 0 aromatic heterocycles. The monoisotopic (exact) mass is 297 g/mol. The molecule has 1 heterocycles. The highest BCUT2D eigenvalue weighted by Crippen LogP contribution is 2.38. The third-order valence-electron chi connectivity index (χ3n) is 3.78. The Balaban J connectivity index is 1.78. The van der Waals surface area contributed by atoms with E-state index in [9.17, 15) is 0 Å². The van der Waals surface area contributed by atoms with Crippen LogP contribution in [-0.4, -0.2) is 24.7 Å². The first-order valence-corrected chi connectivity index (χ1v) is 8.63. The number of hydrogen-bond donors (Lipinski definition) is 1. The summed E-state index contributed by atoms with van der Waals surface area (Å²) in [5.74, 6) is 2.66. The minimum absolute atomic E-state index is 0.347. The number of benzene rings is 1. The molecule has 0 saturated carbocycles. The number of alkyl halides is 1. The van der Waals surface area contributed by atoms with E-state index in [4.69, 9.17) is 11.6 Å². The van der Waals surface area contributed by atoms with Crippen molar-refractivity contribution in [3.05, 3.63) is 29.8 Å². The Morgan fingerprint density at radius 2 is 2.16 bits per heavy atom. The van der Waals surface area contributed by atoms with Crippen LogP contribution in [0.15, 0.2) is 29.2 Å². The van der Waals surface area contributed by atoms with Gasteiger partial charge in [0, 0.05) is 35.5 Å². The van der Waals surface area contributed by atoms with Crippen LogP contribution in [-0.2, 0) is 0 Å². The van der Waals surface area contributed by atoms with Crippen molar-refractivity contribution < 1.29 is 0 Å². The zero-order chi connectivity index (χ0) is 13.7. The second-order valence-electron chi connectivity index (χ2n) is 6.13. The molecule has 1 atom stereocenters. The van der Waals surface area contributed by atoms with Crippen molar-refractivity contribution >= 4 is 23.4 Å². The molecule has 1 aromatic rings. The minimum atomic E-state index is 0.347. The second kappa shape index (κ2) is 7.01. The van der Waals surface area contributed by atoms with Gasteiger partial charge in [0.05, 0.1) is 0 Å². The molecule has 1 aliphatic rings. The van der Waals surface area contributed by atoms with Crippen LogP contribution in [0.2, 0.25) is 0 Å². The Morgan fingerprint density at radius 1 is 1.37 bits per heavy atom. The standard InChI is InChI=1S/C16H24ClNS/c1-16(2,8-5-9-17)12-18-10-13-11-19-15-7-4-3-6-14(13)15/h3-4,6-7,13,18H,5,8-12H2,1-2H3. The highest BCUT2D eigenvalue weighted by molar-refractivity contribution is 7.99. The predicted molar refractivity (Wildman–Crippen MR) is 86.5 cm³/mol. The van der Waals surface area contributed by atoms with Crippen molar-refractivity contribution in [2.24, 2.45) is 5.41 Å². The molecule has 1 nitrogen and oxygen atoms in total. The Bertz CT molecular complexity index is 405. The number of fused-ring (bicyclic) bond motifs is 1. The van der Waals surface area contributed by atoms with Crippen LogP contribution in [0.1, 0.15) is 38.2 Å². The van der Waals surface area contributed by atoms with Crippen LogP contribution in [0.5, 0.6) is 0 Å². The lowest BCUT2D eigenvalue weighted by Gasteiger charge is -2.25. The molecular weight excluding hydrogens is 274 g/mol. The average molecular weight is 298 g/mol. The van der Waals surface area contributed by atoms with E-state index in [0.717, 1.165) is 25.4 Å². The topological polar surface area (TPSA) is 12.0 Å². The van der Waals surface area contributed by atoms with Gasteiger partial charge in [-0.05, 0) is 29.9 Å². The number of rotatable bonds is 7. The lowest BCUT2D eigenvalue weighted by molar-refractivity contribution is 0.310. The van der Waals surface area contributed by atoms with Crippen LogP contribution >= 0.6 is 23.4 Å². The van der Waals surface area contributed by atoms with Crippen LogP contribution in [0.3, 0.4) is 0 Å². The quantitative estimate of drug-likeness (QED) is 0.743. The first-order valence-electron chi connectivity index (χ1n) is 7.11. The Labute approximate surface area is 126 Å². The van der Waals surface area contributed by atoms with E-state index in [-0.39, 0.29) is 0 Å². The second-order valence-corrected chi connectivity index (χ2v) is 7.57. The van der Waals surface area contributed by atoms with Gasteiger partial charge in [0.15, 0.2) is 0 Å². The predicted octanol–water partition coefficient (Wildman–Crippen LogP) is 4.51. The summed E-state index contributed by atoms with van der Waals surface area (Å²) in [7, 11) is 0. The van der Waals surface area contributed by atoms with Crippen molar-refractivity contribution in [2.45, 2.75) is 37.5 Å². The maximum absolute atomic E-state index is 5.78. The highest BCUT2D eigenvalue weighted by Gasteiger charge is 2.23. The van der Waals surface area contributed by atoms with E-state index >= 15 is 0 Å². The molecule has 1 aromatic carbocycles. The van der Waals surface area contributed by atoms with Gasteiger partial charge in [-0.15, -0.1) is 23.4 Å². The summed E-state index contributed by atoms with van der Waals surface area (Å²) in [5.41, 5.74) is 1.87. The van der Waals surface area contributed by atoms with Gasteiger partial charge in [-0.25, -0.2) is 0 Å². The molecule has 106 valence electrons. The Kier molecular flexibility index (Phi) is 5.61. The molecule has 0 spiro atoms. The fourth-order valence-corrected chi connectivity index (χ4v) is 4.00. The van der Waals surface area contributed by atoms with E-state index in [0.29, 0.717) is 11.3 Å².